The van der Waals surface area contributed by atoms with Crippen molar-refractivity contribution >= 4 is 10.8 Å². The van der Waals surface area contributed by atoms with Crippen LogP contribution in [-0.4, -0.2) is 52.8 Å². The average Bonchev–Trinajstić information content (AvgIpc) is 2.64. The van der Waals surface area contributed by atoms with E-state index in [9.17, 15) is 4.21 Å². The van der Waals surface area contributed by atoms with Gasteiger partial charge in [-0.2, -0.15) is 0 Å². The van der Waals surface area contributed by atoms with Crippen LogP contribution in [0.3, 0.4) is 0 Å². The van der Waals surface area contributed by atoms with Gasteiger partial charge in [-0.25, -0.2) is 0 Å². The molecule has 2 aliphatic rings. The Labute approximate surface area is 95.1 Å². The molecule has 0 aromatic heterocycles. The minimum atomic E-state index is -0.648. The third-order valence-corrected chi connectivity index (χ3v) is 4.42. The molecule has 0 bridgehead atoms. The molecule has 3 unspecified atom stereocenters. The van der Waals surface area contributed by atoms with Crippen LogP contribution in [-0.2, 0) is 10.8 Å². The molecule has 4 heteroatoms. The Hall–Kier alpha value is 0.0700. The maximum absolute atomic E-state index is 10.9. The van der Waals surface area contributed by atoms with Gasteiger partial charge in [0.05, 0.1) is 0 Å². The molecule has 0 radical (unpaired) electrons. The second-order valence-corrected chi connectivity index (χ2v) is 6.34. The molecule has 2 aliphatic heterocycles. The largest absolute Gasteiger partial charge is 0.313 e. The van der Waals surface area contributed by atoms with Gasteiger partial charge in [-0.1, -0.05) is 0 Å². The summed E-state index contributed by atoms with van der Waals surface area (Å²) < 4.78 is 10.9. The summed E-state index contributed by atoms with van der Waals surface area (Å²) in [6, 6.07) is 1.51. The zero-order valence-electron chi connectivity index (χ0n) is 9.58. The van der Waals surface area contributed by atoms with Gasteiger partial charge in [0.15, 0.2) is 0 Å². The monoisotopic (exact) mass is 230 g/mol. The van der Waals surface area contributed by atoms with Crippen LogP contribution in [0.4, 0.5) is 0 Å². The number of nitrogens with one attached hydrogen (secondary N) is 1. The van der Waals surface area contributed by atoms with Gasteiger partial charge in [-0.05, 0) is 38.8 Å². The summed E-state index contributed by atoms with van der Waals surface area (Å²) in [5.74, 6) is 0.797. The van der Waals surface area contributed by atoms with Crippen LogP contribution in [0.25, 0.3) is 0 Å². The first-order chi connectivity index (χ1) is 7.25. The lowest BCUT2D eigenvalue weighted by atomic mass is 9.98. The summed E-state index contributed by atoms with van der Waals surface area (Å²) in [5.41, 5.74) is 0. The summed E-state index contributed by atoms with van der Waals surface area (Å²) >= 11 is 0. The first-order valence-electron chi connectivity index (χ1n) is 6.03. The van der Waals surface area contributed by atoms with E-state index < -0.39 is 10.8 Å². The minimum absolute atomic E-state index is 0.648. The normalized spacial score (nSPS) is 33.9. The molecule has 2 saturated heterocycles. The maximum Gasteiger partial charge on any atom is 0.0357 e. The molecule has 0 aromatic carbocycles. The van der Waals surface area contributed by atoms with E-state index in [-0.39, 0.29) is 0 Å². The van der Waals surface area contributed by atoms with Gasteiger partial charge in [-0.3, -0.25) is 4.21 Å². The van der Waals surface area contributed by atoms with E-state index in [1.165, 1.54) is 38.8 Å². The first kappa shape index (κ1) is 11.6. The van der Waals surface area contributed by atoms with E-state index in [2.05, 4.69) is 10.2 Å². The van der Waals surface area contributed by atoms with Crippen molar-refractivity contribution in [3.63, 3.8) is 0 Å². The smallest absolute Gasteiger partial charge is 0.0357 e. The maximum atomic E-state index is 10.9. The predicted molar refractivity (Wildman–Crippen MR) is 64.6 cm³/mol. The molecule has 88 valence electrons. The van der Waals surface area contributed by atoms with Gasteiger partial charge in [-0.15, -0.1) is 0 Å². The quantitative estimate of drug-likeness (QED) is 0.767. The molecule has 0 aliphatic carbocycles. The molecule has 3 nitrogen and oxygen atoms in total. The highest BCUT2D eigenvalue weighted by molar-refractivity contribution is 7.84. The fourth-order valence-electron chi connectivity index (χ4n) is 2.82. The number of rotatable bonds is 4. The summed E-state index contributed by atoms with van der Waals surface area (Å²) in [6.07, 6.45) is 7.12. The molecule has 2 fully saturated rings. The van der Waals surface area contributed by atoms with Crippen molar-refractivity contribution in [2.24, 2.45) is 0 Å². The van der Waals surface area contributed by atoms with E-state index >= 15 is 0 Å². The van der Waals surface area contributed by atoms with Crippen LogP contribution in [0.15, 0.2) is 0 Å². The fraction of sp³-hybridized carbons (Fsp3) is 1.00. The molecule has 0 spiro atoms. The highest BCUT2D eigenvalue weighted by Gasteiger charge is 2.31. The van der Waals surface area contributed by atoms with Crippen LogP contribution in [0, 0.1) is 0 Å². The third kappa shape index (κ3) is 3.26. The van der Waals surface area contributed by atoms with Crippen molar-refractivity contribution in [3.05, 3.63) is 0 Å². The summed E-state index contributed by atoms with van der Waals surface area (Å²) in [5, 5.41) is 3.55. The molecule has 0 aromatic rings. The second-order valence-electron chi connectivity index (χ2n) is 4.78. The summed E-state index contributed by atoms with van der Waals surface area (Å²) in [6.45, 7) is 3.49. The Morgan fingerprint density at radius 1 is 1.40 bits per heavy atom. The van der Waals surface area contributed by atoms with E-state index in [0.29, 0.717) is 6.04 Å². The molecule has 15 heavy (non-hydrogen) atoms. The molecule has 0 amide bonds. The molecular weight excluding hydrogens is 208 g/mol. The number of nitrogens with zero attached hydrogens (tertiary/aromatic N) is 1. The number of hydrogen-bond acceptors (Lipinski definition) is 3. The van der Waals surface area contributed by atoms with Gasteiger partial charge in [0.1, 0.15) is 0 Å². The molecule has 3 atom stereocenters. The van der Waals surface area contributed by atoms with Crippen LogP contribution in [0.5, 0.6) is 0 Å². The van der Waals surface area contributed by atoms with Crippen molar-refractivity contribution in [1.29, 1.82) is 0 Å². The molecular formula is C11H22N2OS. The number of piperidine rings is 1. The third-order valence-electron chi connectivity index (χ3n) is 3.64. The number of fused-ring (bicyclic) bond motifs is 1. The van der Waals surface area contributed by atoms with E-state index in [1.807, 2.05) is 0 Å². The summed E-state index contributed by atoms with van der Waals surface area (Å²) in [4.78, 5) is 2.64. The van der Waals surface area contributed by atoms with Crippen LogP contribution >= 0.6 is 0 Å². The number of hydrogen-bond donors (Lipinski definition) is 1. The Bertz CT molecular complexity index is 235. The van der Waals surface area contributed by atoms with E-state index in [4.69, 9.17) is 0 Å². The SMILES string of the molecule is CS(=O)CCNC1CCN2CCCC2C1. The van der Waals surface area contributed by atoms with Crippen LogP contribution < -0.4 is 5.32 Å². The van der Waals surface area contributed by atoms with E-state index in [1.54, 1.807) is 6.26 Å². The molecule has 1 N–H and O–H groups in total. The second kappa shape index (κ2) is 5.41. The van der Waals surface area contributed by atoms with Crippen molar-refractivity contribution in [1.82, 2.24) is 10.2 Å². The first-order valence-corrected chi connectivity index (χ1v) is 7.76. The van der Waals surface area contributed by atoms with Crippen LogP contribution in [0.1, 0.15) is 25.7 Å². The van der Waals surface area contributed by atoms with Crippen molar-refractivity contribution in [2.45, 2.75) is 37.8 Å². The lowest BCUT2D eigenvalue weighted by molar-refractivity contribution is 0.168. The van der Waals surface area contributed by atoms with Gasteiger partial charge in [0.25, 0.3) is 0 Å². The Balaban J connectivity index is 1.68. The fourth-order valence-corrected chi connectivity index (χ4v) is 3.22. The van der Waals surface area contributed by atoms with Gasteiger partial charge in [0, 0.05) is 41.4 Å². The highest BCUT2D eigenvalue weighted by atomic mass is 32.2. The standard InChI is InChI=1S/C11H22N2OS/c1-15(14)8-5-12-10-4-7-13-6-2-3-11(13)9-10/h10-12H,2-9H2,1H3. The molecule has 2 heterocycles. The zero-order valence-corrected chi connectivity index (χ0v) is 10.4. The van der Waals surface area contributed by atoms with Gasteiger partial charge >= 0.3 is 0 Å². The predicted octanol–water partition coefficient (Wildman–Crippen LogP) is 0.581. The summed E-state index contributed by atoms with van der Waals surface area (Å²) in [7, 11) is -0.648. The zero-order chi connectivity index (χ0) is 10.7. The van der Waals surface area contributed by atoms with Crippen molar-refractivity contribution in [3.8, 4) is 0 Å². The Morgan fingerprint density at radius 2 is 2.27 bits per heavy atom. The van der Waals surface area contributed by atoms with E-state index in [0.717, 1.165) is 18.3 Å². The molecule has 2 rings (SSSR count). The van der Waals surface area contributed by atoms with Gasteiger partial charge in [0.2, 0.25) is 0 Å². The van der Waals surface area contributed by atoms with Gasteiger partial charge < -0.3 is 10.2 Å². The minimum Gasteiger partial charge on any atom is -0.313 e. The lowest BCUT2D eigenvalue weighted by Gasteiger charge is -2.35. The lowest BCUT2D eigenvalue weighted by Crippen LogP contribution is -2.46. The van der Waals surface area contributed by atoms with Crippen molar-refractivity contribution in [2.75, 3.05) is 31.6 Å². The Morgan fingerprint density at radius 3 is 3.07 bits per heavy atom. The topological polar surface area (TPSA) is 32.3 Å². The van der Waals surface area contributed by atoms with Crippen molar-refractivity contribution < 1.29 is 4.21 Å². The van der Waals surface area contributed by atoms with Crippen LogP contribution in [0.2, 0.25) is 0 Å². The average molecular weight is 230 g/mol. The molecule has 0 saturated carbocycles. The Kier molecular flexibility index (Phi) is 4.17. The highest BCUT2D eigenvalue weighted by Crippen LogP contribution is 2.26.